The van der Waals surface area contributed by atoms with E-state index in [0.29, 0.717) is 21.8 Å². The minimum absolute atomic E-state index is 0.0542. The second kappa shape index (κ2) is 7.93. The zero-order valence-electron chi connectivity index (χ0n) is 13.8. The molecule has 0 bridgehead atoms. The van der Waals surface area contributed by atoms with E-state index in [2.05, 4.69) is 22.6 Å². The molecule has 0 N–H and O–H groups in total. The predicted molar refractivity (Wildman–Crippen MR) is 115 cm³/mol. The summed E-state index contributed by atoms with van der Waals surface area (Å²) in [4.78, 5) is 17.9. The van der Waals surface area contributed by atoms with Gasteiger partial charge in [0.1, 0.15) is 0 Å². The molecular weight excluding hydrogens is 467 g/mol. The molecule has 2 aromatic carbocycles. The van der Waals surface area contributed by atoms with Crippen LogP contribution in [0.1, 0.15) is 12.5 Å². The standard InChI is InChI=1S/C19H16ClIN2OS/c1-12-3-6-15(7-4-12)23-18(24)16-11-14(21)5-8-17(16)22-19(23)25-10-9-13(2)20/h3-9,11H,10H2,1-2H3. The molecule has 0 aliphatic rings. The lowest BCUT2D eigenvalue weighted by Gasteiger charge is -2.13. The summed E-state index contributed by atoms with van der Waals surface area (Å²) in [5, 5.41) is 2.02. The van der Waals surface area contributed by atoms with Crippen LogP contribution in [0.3, 0.4) is 0 Å². The Balaban J connectivity index is 2.22. The van der Waals surface area contributed by atoms with Gasteiger partial charge in [-0.1, -0.05) is 47.1 Å². The number of nitrogens with zero attached hydrogens (tertiary/aromatic N) is 2. The summed E-state index contributed by atoms with van der Waals surface area (Å²) in [5.41, 5.74) is 2.62. The third-order valence-electron chi connectivity index (χ3n) is 3.67. The van der Waals surface area contributed by atoms with Crippen LogP contribution in [0.15, 0.2) is 63.5 Å². The van der Waals surface area contributed by atoms with Gasteiger partial charge in [0, 0.05) is 14.4 Å². The summed E-state index contributed by atoms with van der Waals surface area (Å²) in [6.45, 7) is 3.86. The monoisotopic (exact) mass is 482 g/mol. The van der Waals surface area contributed by atoms with Gasteiger partial charge in [0.15, 0.2) is 5.16 Å². The lowest BCUT2D eigenvalue weighted by molar-refractivity contribution is 0.820. The number of aryl methyl sites for hydroxylation is 1. The lowest BCUT2D eigenvalue weighted by Crippen LogP contribution is -2.22. The first kappa shape index (κ1) is 18.5. The Morgan fingerprint density at radius 3 is 2.68 bits per heavy atom. The molecule has 1 aromatic heterocycles. The molecule has 0 aliphatic carbocycles. The largest absolute Gasteiger partial charge is 0.268 e. The predicted octanol–water partition coefficient (Wildman–Crippen LogP) is 5.53. The van der Waals surface area contributed by atoms with Gasteiger partial charge < -0.3 is 0 Å². The first-order valence-corrected chi connectivity index (χ1v) is 10.1. The van der Waals surface area contributed by atoms with Crippen LogP contribution in [0, 0.1) is 10.5 Å². The van der Waals surface area contributed by atoms with Crippen molar-refractivity contribution in [2.75, 3.05) is 5.75 Å². The maximum atomic E-state index is 13.1. The van der Waals surface area contributed by atoms with Crippen LogP contribution in [0.5, 0.6) is 0 Å². The van der Waals surface area contributed by atoms with E-state index in [1.165, 1.54) is 11.8 Å². The van der Waals surface area contributed by atoms with Gasteiger partial charge in [0.05, 0.1) is 16.6 Å². The van der Waals surface area contributed by atoms with E-state index in [1.54, 1.807) is 4.57 Å². The van der Waals surface area contributed by atoms with Crippen molar-refractivity contribution in [3.8, 4) is 5.69 Å². The highest BCUT2D eigenvalue weighted by Crippen LogP contribution is 2.23. The van der Waals surface area contributed by atoms with E-state index < -0.39 is 0 Å². The van der Waals surface area contributed by atoms with Crippen molar-refractivity contribution in [2.24, 2.45) is 0 Å². The molecule has 25 heavy (non-hydrogen) atoms. The number of benzene rings is 2. The molecule has 0 spiro atoms. The minimum Gasteiger partial charge on any atom is -0.268 e. The Kier molecular flexibility index (Phi) is 5.86. The summed E-state index contributed by atoms with van der Waals surface area (Å²) in [5.74, 6) is 0.656. The average molecular weight is 483 g/mol. The third kappa shape index (κ3) is 4.27. The molecule has 1 heterocycles. The van der Waals surface area contributed by atoms with Crippen molar-refractivity contribution in [3.05, 3.63) is 73.1 Å². The van der Waals surface area contributed by atoms with Crippen molar-refractivity contribution in [3.63, 3.8) is 0 Å². The van der Waals surface area contributed by atoms with E-state index in [-0.39, 0.29) is 5.56 Å². The molecule has 128 valence electrons. The zero-order chi connectivity index (χ0) is 18.0. The molecule has 0 fully saturated rings. The van der Waals surface area contributed by atoms with Gasteiger partial charge in [0.2, 0.25) is 0 Å². The second-order valence-corrected chi connectivity index (χ2v) is 8.46. The van der Waals surface area contributed by atoms with Crippen LogP contribution in [0.25, 0.3) is 16.6 Å². The quantitative estimate of drug-likeness (QED) is 0.278. The summed E-state index contributed by atoms with van der Waals surface area (Å²) < 4.78 is 2.69. The Labute approximate surface area is 169 Å². The summed E-state index contributed by atoms with van der Waals surface area (Å²) in [6, 6.07) is 13.6. The fourth-order valence-corrected chi connectivity index (χ4v) is 4.01. The summed E-state index contributed by atoms with van der Waals surface area (Å²) in [6.07, 6.45) is 1.91. The number of hydrogen-bond acceptors (Lipinski definition) is 3. The second-order valence-electron chi connectivity index (χ2n) is 5.63. The molecular formula is C19H16ClIN2OS. The molecule has 6 heteroatoms. The number of rotatable bonds is 4. The highest BCUT2D eigenvalue weighted by atomic mass is 127. The van der Waals surface area contributed by atoms with Gasteiger partial charge in [-0.3, -0.25) is 9.36 Å². The summed E-state index contributed by atoms with van der Waals surface area (Å²) in [7, 11) is 0. The molecule has 0 saturated carbocycles. The molecule has 0 saturated heterocycles. The SMILES string of the molecule is CC(Cl)=CCSc1nc2ccc(I)cc2c(=O)n1-c1ccc(C)cc1. The van der Waals surface area contributed by atoms with E-state index >= 15 is 0 Å². The first-order chi connectivity index (χ1) is 12.0. The highest BCUT2D eigenvalue weighted by Gasteiger charge is 2.13. The smallest absolute Gasteiger partial charge is 0.266 e. The highest BCUT2D eigenvalue weighted by molar-refractivity contribution is 14.1. The number of allylic oxidation sites excluding steroid dienone is 1. The van der Waals surface area contributed by atoms with Crippen molar-refractivity contribution in [1.29, 1.82) is 0 Å². The number of thioether (sulfide) groups is 1. The molecule has 0 aliphatic heterocycles. The van der Waals surface area contributed by atoms with Crippen LogP contribution in [0.2, 0.25) is 0 Å². The molecule has 3 rings (SSSR count). The van der Waals surface area contributed by atoms with Crippen LogP contribution in [-0.4, -0.2) is 15.3 Å². The number of aromatic nitrogens is 2. The molecule has 3 nitrogen and oxygen atoms in total. The molecule has 0 radical (unpaired) electrons. The Bertz CT molecular complexity index is 1010. The van der Waals surface area contributed by atoms with E-state index in [4.69, 9.17) is 16.6 Å². The molecule has 0 amide bonds. The van der Waals surface area contributed by atoms with E-state index in [1.807, 2.05) is 62.4 Å². The van der Waals surface area contributed by atoms with Crippen molar-refractivity contribution < 1.29 is 0 Å². The van der Waals surface area contributed by atoms with Gasteiger partial charge in [-0.05, 0) is 66.8 Å². The van der Waals surface area contributed by atoms with Gasteiger partial charge in [-0.15, -0.1) is 0 Å². The maximum Gasteiger partial charge on any atom is 0.266 e. The topological polar surface area (TPSA) is 34.9 Å². The van der Waals surface area contributed by atoms with Gasteiger partial charge in [-0.25, -0.2) is 4.98 Å². The lowest BCUT2D eigenvalue weighted by atomic mass is 10.2. The Morgan fingerprint density at radius 2 is 2.00 bits per heavy atom. The molecule has 3 aromatic rings. The van der Waals surface area contributed by atoms with Crippen LogP contribution in [0.4, 0.5) is 0 Å². The van der Waals surface area contributed by atoms with Crippen molar-refractivity contribution in [2.45, 2.75) is 19.0 Å². The molecule has 0 unspecified atom stereocenters. The number of fused-ring (bicyclic) bond motifs is 1. The van der Waals surface area contributed by atoms with Crippen LogP contribution < -0.4 is 5.56 Å². The maximum absolute atomic E-state index is 13.1. The molecule has 0 atom stereocenters. The average Bonchev–Trinajstić information content (AvgIpc) is 2.57. The summed E-state index contributed by atoms with van der Waals surface area (Å²) >= 11 is 9.63. The van der Waals surface area contributed by atoms with Gasteiger partial charge in [0.25, 0.3) is 5.56 Å². The number of halogens is 2. The van der Waals surface area contributed by atoms with Crippen LogP contribution in [-0.2, 0) is 0 Å². The minimum atomic E-state index is -0.0542. The van der Waals surface area contributed by atoms with Crippen LogP contribution >= 0.6 is 46.0 Å². The van der Waals surface area contributed by atoms with Gasteiger partial charge >= 0.3 is 0 Å². The normalized spacial score (nSPS) is 11.9. The zero-order valence-corrected chi connectivity index (χ0v) is 17.5. The van der Waals surface area contributed by atoms with Gasteiger partial charge in [-0.2, -0.15) is 0 Å². The fourth-order valence-electron chi connectivity index (χ4n) is 2.39. The van der Waals surface area contributed by atoms with E-state index in [9.17, 15) is 4.79 Å². The van der Waals surface area contributed by atoms with Crippen molar-refractivity contribution in [1.82, 2.24) is 9.55 Å². The first-order valence-electron chi connectivity index (χ1n) is 7.70. The van der Waals surface area contributed by atoms with Crippen molar-refractivity contribution >= 4 is 56.9 Å². The fraction of sp³-hybridized carbons (Fsp3) is 0.158. The van der Waals surface area contributed by atoms with E-state index in [0.717, 1.165) is 19.9 Å². The Morgan fingerprint density at radius 1 is 1.28 bits per heavy atom. The third-order valence-corrected chi connectivity index (χ3v) is 5.36. The number of hydrogen-bond donors (Lipinski definition) is 0. The Hall–Kier alpha value is -1.31.